The molecular formula is C14H16N2O3. The largest absolute Gasteiger partial charge is 0.481 e. The Hall–Kier alpha value is -1.91. The van der Waals surface area contributed by atoms with Crippen molar-refractivity contribution in [3.63, 3.8) is 0 Å². The van der Waals surface area contributed by atoms with E-state index in [1.165, 1.54) is 0 Å². The zero-order chi connectivity index (χ0) is 13.5. The van der Waals surface area contributed by atoms with Crippen LogP contribution >= 0.6 is 0 Å². The van der Waals surface area contributed by atoms with E-state index in [0.29, 0.717) is 25.1 Å². The molecule has 1 saturated heterocycles. The number of carboxylic acid groups (broad SMARTS) is 1. The molecule has 0 aromatic carbocycles. The van der Waals surface area contributed by atoms with Crippen molar-refractivity contribution in [1.82, 2.24) is 9.88 Å². The summed E-state index contributed by atoms with van der Waals surface area (Å²) in [6.07, 6.45) is 5.71. The zero-order valence-corrected chi connectivity index (χ0v) is 10.6. The lowest BCUT2D eigenvalue weighted by Crippen LogP contribution is -2.37. The molecule has 1 aliphatic carbocycles. The molecule has 1 saturated carbocycles. The van der Waals surface area contributed by atoms with Crippen LogP contribution in [-0.2, 0) is 4.79 Å². The molecule has 5 nitrogen and oxygen atoms in total. The maximum atomic E-state index is 12.3. The van der Waals surface area contributed by atoms with Crippen LogP contribution in [-0.4, -0.2) is 40.0 Å². The predicted molar refractivity (Wildman–Crippen MR) is 67.6 cm³/mol. The number of carbonyl (C=O) groups is 2. The number of carbonyl (C=O) groups excluding carboxylic acids is 1. The minimum Gasteiger partial charge on any atom is -0.481 e. The third-order valence-corrected chi connectivity index (χ3v) is 4.51. The highest BCUT2D eigenvalue weighted by atomic mass is 16.4. The minimum atomic E-state index is -0.750. The van der Waals surface area contributed by atoms with E-state index < -0.39 is 11.4 Å². The molecule has 0 bridgehead atoms. The number of hydrogen-bond acceptors (Lipinski definition) is 3. The summed E-state index contributed by atoms with van der Waals surface area (Å²) in [5.41, 5.74) is -0.126. The fraction of sp³-hybridized carbons (Fsp3) is 0.500. The van der Waals surface area contributed by atoms with Gasteiger partial charge < -0.3 is 10.0 Å². The van der Waals surface area contributed by atoms with E-state index in [0.717, 1.165) is 12.8 Å². The first-order chi connectivity index (χ1) is 9.13. The van der Waals surface area contributed by atoms with Gasteiger partial charge >= 0.3 is 5.97 Å². The summed E-state index contributed by atoms with van der Waals surface area (Å²) in [6, 6.07) is 3.34. The van der Waals surface area contributed by atoms with Crippen LogP contribution in [0.3, 0.4) is 0 Å². The van der Waals surface area contributed by atoms with Crippen LogP contribution in [0.1, 0.15) is 29.6 Å². The topological polar surface area (TPSA) is 70.5 Å². The summed E-state index contributed by atoms with van der Waals surface area (Å²) < 4.78 is 0. The summed E-state index contributed by atoms with van der Waals surface area (Å²) in [4.78, 5) is 29.5. The molecule has 1 amide bonds. The summed E-state index contributed by atoms with van der Waals surface area (Å²) >= 11 is 0. The average Bonchev–Trinajstić information content (AvgIpc) is 2.96. The van der Waals surface area contributed by atoms with Crippen molar-refractivity contribution in [2.75, 3.05) is 13.1 Å². The van der Waals surface area contributed by atoms with Crippen molar-refractivity contribution < 1.29 is 14.7 Å². The lowest BCUT2D eigenvalue weighted by molar-refractivity contribution is -0.149. The fourth-order valence-electron chi connectivity index (χ4n) is 3.47. The van der Waals surface area contributed by atoms with Gasteiger partial charge in [0.05, 0.1) is 5.41 Å². The first-order valence-corrected chi connectivity index (χ1v) is 6.56. The molecular weight excluding hydrogens is 244 g/mol. The highest BCUT2D eigenvalue weighted by Crippen LogP contribution is 2.49. The summed E-state index contributed by atoms with van der Waals surface area (Å²) in [7, 11) is 0. The Balaban J connectivity index is 1.83. The van der Waals surface area contributed by atoms with Crippen molar-refractivity contribution in [2.24, 2.45) is 11.3 Å². The lowest BCUT2D eigenvalue weighted by Gasteiger charge is -2.23. The highest BCUT2D eigenvalue weighted by molar-refractivity contribution is 5.95. The van der Waals surface area contributed by atoms with E-state index in [4.69, 9.17) is 0 Å². The van der Waals surface area contributed by atoms with Gasteiger partial charge in [-0.2, -0.15) is 0 Å². The summed E-state index contributed by atoms with van der Waals surface area (Å²) in [5, 5.41) is 9.50. The molecule has 0 spiro atoms. The van der Waals surface area contributed by atoms with E-state index in [2.05, 4.69) is 4.98 Å². The Morgan fingerprint density at radius 1 is 1.37 bits per heavy atom. The Labute approximate surface area is 111 Å². The van der Waals surface area contributed by atoms with Gasteiger partial charge in [0.2, 0.25) is 0 Å². The van der Waals surface area contributed by atoms with Gasteiger partial charge in [-0.25, -0.2) is 0 Å². The molecule has 1 aromatic rings. The molecule has 1 aliphatic heterocycles. The molecule has 2 aliphatic rings. The SMILES string of the molecule is O=C(c1ccncc1)N1C[C@@H]2CCC[C@@]2(C(=O)O)C1. The van der Waals surface area contributed by atoms with Gasteiger partial charge in [0, 0.05) is 31.0 Å². The van der Waals surface area contributed by atoms with E-state index in [-0.39, 0.29) is 11.8 Å². The molecule has 0 radical (unpaired) electrons. The maximum absolute atomic E-state index is 12.3. The fourth-order valence-corrected chi connectivity index (χ4v) is 3.47. The van der Waals surface area contributed by atoms with E-state index in [1.54, 1.807) is 29.4 Å². The summed E-state index contributed by atoms with van der Waals surface area (Å²) in [5.74, 6) is -0.728. The average molecular weight is 260 g/mol. The molecule has 5 heteroatoms. The van der Waals surface area contributed by atoms with Crippen LogP contribution in [0.4, 0.5) is 0 Å². The number of rotatable bonds is 2. The van der Waals surface area contributed by atoms with Gasteiger partial charge in [-0.1, -0.05) is 6.42 Å². The molecule has 1 aromatic heterocycles. The first-order valence-electron chi connectivity index (χ1n) is 6.56. The van der Waals surface area contributed by atoms with Gasteiger partial charge in [0.1, 0.15) is 0 Å². The third-order valence-electron chi connectivity index (χ3n) is 4.51. The van der Waals surface area contributed by atoms with E-state index in [9.17, 15) is 14.7 Å². The molecule has 1 N–H and O–H groups in total. The highest BCUT2D eigenvalue weighted by Gasteiger charge is 2.55. The Kier molecular flexibility index (Phi) is 2.77. The Morgan fingerprint density at radius 2 is 2.11 bits per heavy atom. The van der Waals surface area contributed by atoms with Crippen LogP contribution < -0.4 is 0 Å². The van der Waals surface area contributed by atoms with Crippen LogP contribution in [0.25, 0.3) is 0 Å². The summed E-state index contributed by atoms with van der Waals surface area (Å²) in [6.45, 7) is 0.904. The van der Waals surface area contributed by atoms with Gasteiger partial charge in [-0.05, 0) is 30.9 Å². The van der Waals surface area contributed by atoms with Crippen molar-refractivity contribution in [3.8, 4) is 0 Å². The zero-order valence-electron chi connectivity index (χ0n) is 10.6. The predicted octanol–water partition coefficient (Wildman–Crippen LogP) is 1.41. The van der Waals surface area contributed by atoms with Crippen molar-refractivity contribution in [2.45, 2.75) is 19.3 Å². The van der Waals surface area contributed by atoms with Gasteiger partial charge in [0.25, 0.3) is 5.91 Å². The van der Waals surface area contributed by atoms with Crippen LogP contribution in [0.2, 0.25) is 0 Å². The third kappa shape index (κ3) is 1.80. The lowest BCUT2D eigenvalue weighted by atomic mass is 9.81. The number of aliphatic carboxylic acids is 1. The number of likely N-dealkylation sites (tertiary alicyclic amines) is 1. The Bertz CT molecular complexity index is 517. The Morgan fingerprint density at radius 3 is 2.74 bits per heavy atom. The number of hydrogen-bond donors (Lipinski definition) is 1. The number of aromatic nitrogens is 1. The second-order valence-electron chi connectivity index (χ2n) is 5.47. The van der Waals surface area contributed by atoms with Crippen LogP contribution in [0.5, 0.6) is 0 Å². The molecule has 19 heavy (non-hydrogen) atoms. The van der Waals surface area contributed by atoms with Gasteiger partial charge in [-0.15, -0.1) is 0 Å². The van der Waals surface area contributed by atoms with E-state index >= 15 is 0 Å². The van der Waals surface area contributed by atoms with E-state index in [1.807, 2.05) is 0 Å². The van der Waals surface area contributed by atoms with Crippen LogP contribution in [0, 0.1) is 11.3 Å². The number of pyridine rings is 1. The van der Waals surface area contributed by atoms with Gasteiger partial charge in [-0.3, -0.25) is 14.6 Å². The standard InChI is InChI=1S/C14H16N2O3/c17-12(10-3-6-15-7-4-10)16-8-11-2-1-5-14(11,9-16)13(18)19/h3-4,6-7,11H,1-2,5,8-9H2,(H,18,19)/t11-,14+/m0/s1. The molecule has 2 heterocycles. The second-order valence-corrected chi connectivity index (χ2v) is 5.47. The van der Waals surface area contributed by atoms with Gasteiger partial charge in [0.15, 0.2) is 0 Å². The van der Waals surface area contributed by atoms with Crippen molar-refractivity contribution in [1.29, 1.82) is 0 Å². The number of nitrogens with zero attached hydrogens (tertiary/aromatic N) is 2. The van der Waals surface area contributed by atoms with Crippen LogP contribution in [0.15, 0.2) is 24.5 Å². The quantitative estimate of drug-likeness (QED) is 0.872. The molecule has 2 atom stereocenters. The normalized spacial score (nSPS) is 29.3. The van der Waals surface area contributed by atoms with Crippen molar-refractivity contribution in [3.05, 3.63) is 30.1 Å². The number of carboxylic acids is 1. The first kappa shape index (κ1) is 12.1. The maximum Gasteiger partial charge on any atom is 0.311 e. The van der Waals surface area contributed by atoms with Crippen molar-refractivity contribution >= 4 is 11.9 Å². The second kappa shape index (κ2) is 4.33. The molecule has 100 valence electrons. The monoisotopic (exact) mass is 260 g/mol. The smallest absolute Gasteiger partial charge is 0.311 e. The number of amides is 1. The molecule has 0 unspecified atom stereocenters. The number of fused-ring (bicyclic) bond motifs is 1. The molecule has 2 fully saturated rings. The minimum absolute atomic E-state index is 0.0857. The molecule has 3 rings (SSSR count).